The number of benzene rings is 5. The molecular formula is C32H27OP. The van der Waals surface area contributed by atoms with E-state index in [2.05, 4.69) is 79.7 Å². The van der Waals surface area contributed by atoms with Gasteiger partial charge < -0.3 is 4.57 Å². The molecule has 0 fully saturated rings. The predicted octanol–water partition coefficient (Wildman–Crippen LogP) is 6.68. The molecule has 0 atom stereocenters. The van der Waals surface area contributed by atoms with Crippen LogP contribution in [0.2, 0.25) is 0 Å². The fraction of sp³-hybridized carbons (Fsp3) is 0.0625. The third-order valence-electron chi connectivity index (χ3n) is 6.75. The summed E-state index contributed by atoms with van der Waals surface area (Å²) in [6.07, 6.45) is 0. The van der Waals surface area contributed by atoms with Crippen molar-refractivity contribution in [1.82, 2.24) is 0 Å². The maximum atomic E-state index is 14.7. The average molecular weight is 459 g/mol. The molecule has 0 heterocycles. The van der Waals surface area contributed by atoms with Gasteiger partial charge in [-0.3, -0.25) is 0 Å². The first-order valence-corrected chi connectivity index (χ1v) is 13.3. The Morgan fingerprint density at radius 2 is 0.706 bits per heavy atom. The lowest BCUT2D eigenvalue weighted by atomic mass is 9.71. The second kappa shape index (κ2) is 9.29. The van der Waals surface area contributed by atoms with E-state index >= 15 is 0 Å². The SMILES string of the molecule is CC(c1ccccc1)(c1ccccc1)c1ccc(P(=O)(c2ccccc2)c2ccccc2)cc1. The highest BCUT2D eigenvalue weighted by Crippen LogP contribution is 2.44. The summed E-state index contributed by atoms with van der Waals surface area (Å²) in [5, 5.41) is 2.54. The first-order chi connectivity index (χ1) is 16.6. The minimum Gasteiger partial charge on any atom is -0.309 e. The van der Waals surface area contributed by atoms with Gasteiger partial charge in [0.2, 0.25) is 0 Å². The van der Waals surface area contributed by atoms with Crippen LogP contribution in [0.4, 0.5) is 0 Å². The van der Waals surface area contributed by atoms with Crippen LogP contribution in [0.15, 0.2) is 146 Å². The van der Waals surface area contributed by atoms with Gasteiger partial charge in [0.05, 0.1) is 0 Å². The Morgan fingerprint density at radius 3 is 1.09 bits per heavy atom. The minimum absolute atomic E-state index is 0.329. The van der Waals surface area contributed by atoms with Crippen molar-refractivity contribution < 1.29 is 4.57 Å². The van der Waals surface area contributed by atoms with Crippen molar-refractivity contribution in [2.45, 2.75) is 12.3 Å². The summed E-state index contributed by atoms with van der Waals surface area (Å²) < 4.78 is 14.7. The van der Waals surface area contributed by atoms with Gasteiger partial charge >= 0.3 is 0 Å². The highest BCUT2D eigenvalue weighted by molar-refractivity contribution is 7.85. The van der Waals surface area contributed by atoms with E-state index in [1.54, 1.807) is 0 Å². The zero-order chi connectivity index (χ0) is 23.4. The Kier molecular flexibility index (Phi) is 6.05. The van der Waals surface area contributed by atoms with Gasteiger partial charge in [0.1, 0.15) is 0 Å². The van der Waals surface area contributed by atoms with E-state index in [4.69, 9.17) is 0 Å². The van der Waals surface area contributed by atoms with Crippen LogP contribution in [0.3, 0.4) is 0 Å². The van der Waals surface area contributed by atoms with E-state index in [1.807, 2.05) is 72.8 Å². The summed E-state index contributed by atoms with van der Waals surface area (Å²) in [4.78, 5) is 0. The molecule has 0 amide bonds. The average Bonchev–Trinajstić information content (AvgIpc) is 2.94. The Bertz CT molecular complexity index is 1310. The molecule has 1 nitrogen and oxygen atoms in total. The van der Waals surface area contributed by atoms with Crippen LogP contribution in [0.25, 0.3) is 0 Å². The smallest absolute Gasteiger partial charge is 0.171 e. The monoisotopic (exact) mass is 458 g/mol. The molecule has 2 heteroatoms. The molecule has 0 radical (unpaired) electrons. The normalized spacial score (nSPS) is 11.8. The molecule has 0 aliphatic carbocycles. The molecule has 5 aromatic rings. The van der Waals surface area contributed by atoms with Crippen LogP contribution in [0, 0.1) is 0 Å². The van der Waals surface area contributed by atoms with Gasteiger partial charge in [-0.1, -0.05) is 146 Å². The summed E-state index contributed by atoms with van der Waals surface area (Å²) in [5.74, 6) is 0. The van der Waals surface area contributed by atoms with Gasteiger partial charge in [-0.2, -0.15) is 0 Å². The topological polar surface area (TPSA) is 17.1 Å². The van der Waals surface area contributed by atoms with Gasteiger partial charge in [0.25, 0.3) is 0 Å². The van der Waals surface area contributed by atoms with E-state index in [0.29, 0.717) is 0 Å². The van der Waals surface area contributed by atoms with Crippen LogP contribution in [0.5, 0.6) is 0 Å². The van der Waals surface area contributed by atoms with E-state index in [1.165, 1.54) is 16.7 Å². The molecule has 0 aliphatic rings. The number of rotatable bonds is 6. The second-order valence-electron chi connectivity index (χ2n) is 8.68. The van der Waals surface area contributed by atoms with Crippen molar-refractivity contribution in [2.75, 3.05) is 0 Å². The molecule has 0 saturated heterocycles. The van der Waals surface area contributed by atoms with Gasteiger partial charge in [-0.15, -0.1) is 0 Å². The zero-order valence-corrected chi connectivity index (χ0v) is 20.1. The molecule has 34 heavy (non-hydrogen) atoms. The van der Waals surface area contributed by atoms with Gasteiger partial charge in [0, 0.05) is 21.3 Å². The van der Waals surface area contributed by atoms with Crippen LogP contribution in [-0.4, -0.2) is 0 Å². The van der Waals surface area contributed by atoms with Crippen LogP contribution < -0.4 is 15.9 Å². The maximum absolute atomic E-state index is 14.7. The molecule has 0 unspecified atom stereocenters. The molecule has 5 aromatic carbocycles. The minimum atomic E-state index is -2.99. The van der Waals surface area contributed by atoms with Gasteiger partial charge in [-0.05, 0) is 23.6 Å². The largest absolute Gasteiger partial charge is 0.309 e. The van der Waals surface area contributed by atoms with E-state index in [-0.39, 0.29) is 5.41 Å². The Balaban J connectivity index is 1.66. The lowest BCUT2D eigenvalue weighted by Gasteiger charge is -2.32. The van der Waals surface area contributed by atoms with Crippen molar-refractivity contribution in [3.05, 3.63) is 162 Å². The summed E-state index contributed by atoms with van der Waals surface area (Å²) >= 11 is 0. The molecule has 0 bridgehead atoms. The molecule has 166 valence electrons. The Labute approximate surface area is 202 Å². The summed E-state index contributed by atoms with van der Waals surface area (Å²) in [6, 6.07) is 49.2. The van der Waals surface area contributed by atoms with E-state index in [9.17, 15) is 4.57 Å². The van der Waals surface area contributed by atoms with Crippen molar-refractivity contribution in [2.24, 2.45) is 0 Å². The van der Waals surface area contributed by atoms with Crippen LogP contribution in [0.1, 0.15) is 23.6 Å². The summed E-state index contributed by atoms with van der Waals surface area (Å²) in [6.45, 7) is 2.26. The highest BCUT2D eigenvalue weighted by atomic mass is 31.2. The maximum Gasteiger partial charge on any atom is 0.171 e. The molecular weight excluding hydrogens is 431 g/mol. The van der Waals surface area contributed by atoms with Crippen molar-refractivity contribution in [3.63, 3.8) is 0 Å². The highest BCUT2D eigenvalue weighted by Gasteiger charge is 2.33. The quantitative estimate of drug-likeness (QED) is 0.205. The lowest BCUT2D eigenvalue weighted by molar-refractivity contribution is 0.592. The predicted molar refractivity (Wildman–Crippen MR) is 144 cm³/mol. The molecule has 0 N–H and O–H groups in total. The molecule has 5 rings (SSSR count). The molecule has 0 aromatic heterocycles. The number of hydrogen-bond donors (Lipinski definition) is 0. The Morgan fingerprint density at radius 1 is 0.412 bits per heavy atom. The standard InChI is InChI=1S/C32H27OP/c1-32(26-14-6-2-7-15-26,27-16-8-3-9-17-27)28-22-24-31(25-23-28)34(33,29-18-10-4-11-19-29)30-20-12-5-13-21-30/h2-25H,1H3. The molecule has 0 saturated carbocycles. The summed E-state index contributed by atoms with van der Waals surface area (Å²) in [5.41, 5.74) is 3.29. The van der Waals surface area contributed by atoms with Crippen LogP contribution in [-0.2, 0) is 9.98 Å². The number of hydrogen-bond acceptors (Lipinski definition) is 1. The lowest BCUT2D eigenvalue weighted by Crippen LogP contribution is -2.28. The van der Waals surface area contributed by atoms with Crippen molar-refractivity contribution >= 4 is 23.1 Å². The Hall–Kier alpha value is -3.67. The third kappa shape index (κ3) is 3.83. The van der Waals surface area contributed by atoms with Gasteiger partial charge in [-0.25, -0.2) is 0 Å². The zero-order valence-electron chi connectivity index (χ0n) is 19.2. The summed E-state index contributed by atoms with van der Waals surface area (Å²) in [7, 11) is -2.99. The second-order valence-corrected chi connectivity index (χ2v) is 11.5. The third-order valence-corrected chi connectivity index (χ3v) is 9.83. The molecule has 0 spiro atoms. The van der Waals surface area contributed by atoms with Crippen molar-refractivity contribution in [3.8, 4) is 0 Å². The van der Waals surface area contributed by atoms with E-state index < -0.39 is 7.14 Å². The van der Waals surface area contributed by atoms with E-state index in [0.717, 1.165) is 15.9 Å². The van der Waals surface area contributed by atoms with Crippen LogP contribution >= 0.6 is 7.14 Å². The van der Waals surface area contributed by atoms with Crippen molar-refractivity contribution in [1.29, 1.82) is 0 Å². The fourth-order valence-corrected chi connectivity index (χ4v) is 7.42. The molecule has 0 aliphatic heterocycles. The van der Waals surface area contributed by atoms with Gasteiger partial charge in [0.15, 0.2) is 7.14 Å². The fourth-order valence-electron chi connectivity index (χ4n) is 4.77. The first-order valence-electron chi connectivity index (χ1n) is 11.6. The first kappa shape index (κ1) is 22.1.